The second-order valence-electron chi connectivity index (χ2n) is 5.35. The maximum Gasteiger partial charge on any atom is 0.252 e. The van der Waals surface area contributed by atoms with Crippen molar-refractivity contribution in [3.05, 3.63) is 17.0 Å². The van der Waals surface area contributed by atoms with E-state index in [1.807, 2.05) is 13.0 Å². The lowest BCUT2D eigenvalue weighted by Crippen LogP contribution is -2.41. The van der Waals surface area contributed by atoms with Crippen molar-refractivity contribution in [2.24, 2.45) is 5.92 Å². The Morgan fingerprint density at radius 2 is 2.19 bits per heavy atom. The molecule has 1 atom stereocenters. The molecule has 0 aliphatic heterocycles. The van der Waals surface area contributed by atoms with E-state index >= 15 is 0 Å². The molecule has 1 aliphatic rings. The average Bonchev–Trinajstić information content (AvgIpc) is 3.19. The van der Waals surface area contributed by atoms with Gasteiger partial charge >= 0.3 is 0 Å². The largest absolute Gasteiger partial charge is 0.383 e. The quantitative estimate of drug-likeness (QED) is 0.642. The summed E-state index contributed by atoms with van der Waals surface area (Å²) < 4.78 is 32.8. The summed E-state index contributed by atoms with van der Waals surface area (Å²) in [5.74, 6) is 0.991. The fourth-order valence-electron chi connectivity index (χ4n) is 2.38. The maximum atomic E-state index is 12.9. The molecule has 1 saturated carbocycles. The third-order valence-electron chi connectivity index (χ3n) is 3.82. The number of ether oxygens (including phenoxy) is 1. The molecule has 1 fully saturated rings. The van der Waals surface area contributed by atoms with E-state index in [0.717, 1.165) is 17.7 Å². The number of methoxy groups -OCH3 is 1. The fourth-order valence-corrected chi connectivity index (χ4v) is 5.85. The highest BCUT2D eigenvalue weighted by molar-refractivity contribution is 7.91. The molecule has 0 bridgehead atoms. The van der Waals surface area contributed by atoms with E-state index in [1.54, 1.807) is 17.5 Å². The number of aryl methyl sites for hydroxylation is 1. The highest BCUT2D eigenvalue weighted by Crippen LogP contribution is 2.37. The molecule has 21 heavy (non-hydrogen) atoms. The van der Waals surface area contributed by atoms with Crippen LogP contribution in [0, 0.1) is 5.92 Å². The zero-order valence-corrected chi connectivity index (χ0v) is 14.8. The van der Waals surface area contributed by atoms with Crippen LogP contribution in [0.5, 0.6) is 0 Å². The summed E-state index contributed by atoms with van der Waals surface area (Å²) >= 11 is 7.04. The first-order valence-corrected chi connectivity index (χ1v) is 9.95. The second-order valence-corrected chi connectivity index (χ2v) is 9.01. The lowest BCUT2D eigenvalue weighted by molar-refractivity contribution is 0.164. The molecule has 1 aromatic heterocycles. The Hall–Kier alpha value is -0.140. The smallest absolute Gasteiger partial charge is 0.252 e. The molecule has 0 saturated heterocycles. The van der Waals surface area contributed by atoms with Gasteiger partial charge in [-0.1, -0.05) is 0 Å². The monoisotopic (exact) mass is 351 g/mol. The molecule has 0 amide bonds. The second kappa shape index (κ2) is 7.42. The first-order valence-electron chi connectivity index (χ1n) is 7.16. The van der Waals surface area contributed by atoms with Gasteiger partial charge in [0.05, 0.1) is 6.61 Å². The van der Waals surface area contributed by atoms with Gasteiger partial charge in [-0.3, -0.25) is 0 Å². The van der Waals surface area contributed by atoms with E-state index in [4.69, 9.17) is 16.3 Å². The Kier molecular flexibility index (Phi) is 6.08. The highest BCUT2D eigenvalue weighted by Gasteiger charge is 2.38. The van der Waals surface area contributed by atoms with Gasteiger partial charge in [-0.25, -0.2) is 8.42 Å². The van der Waals surface area contributed by atoms with E-state index in [0.29, 0.717) is 35.6 Å². The number of hydrogen-bond acceptors (Lipinski definition) is 4. The fraction of sp³-hybridized carbons (Fsp3) is 0.714. The summed E-state index contributed by atoms with van der Waals surface area (Å²) in [4.78, 5) is 1.01. The predicted octanol–water partition coefficient (Wildman–Crippen LogP) is 2.97. The summed E-state index contributed by atoms with van der Waals surface area (Å²) in [6, 6.07) is 3.58. The van der Waals surface area contributed by atoms with Crippen LogP contribution in [0.3, 0.4) is 0 Å². The molecule has 0 radical (unpaired) electrons. The van der Waals surface area contributed by atoms with Crippen LogP contribution in [0.2, 0.25) is 0 Å². The zero-order valence-electron chi connectivity index (χ0n) is 12.4. The third kappa shape index (κ3) is 4.20. The number of rotatable bonds is 9. The van der Waals surface area contributed by atoms with Gasteiger partial charge in [-0.15, -0.1) is 22.9 Å². The van der Waals surface area contributed by atoms with E-state index in [9.17, 15) is 8.42 Å². The van der Waals surface area contributed by atoms with Crippen LogP contribution in [0.4, 0.5) is 0 Å². The topological polar surface area (TPSA) is 46.6 Å². The highest BCUT2D eigenvalue weighted by atomic mass is 35.5. The van der Waals surface area contributed by atoms with Crippen molar-refractivity contribution in [2.75, 3.05) is 26.1 Å². The first-order chi connectivity index (χ1) is 10.0. The summed E-state index contributed by atoms with van der Waals surface area (Å²) in [6.45, 7) is 2.81. The van der Waals surface area contributed by atoms with Crippen LogP contribution in [0.1, 0.15) is 24.6 Å². The Morgan fingerprint density at radius 1 is 1.48 bits per heavy atom. The SMILES string of the molecule is COCCN(C(C)C1CC1)S(=O)(=O)c1ccc(CCCl)s1. The number of nitrogens with zero attached hydrogens (tertiary/aromatic N) is 1. The molecular formula is C14H22ClNO3S2. The predicted molar refractivity (Wildman–Crippen MR) is 86.7 cm³/mol. The van der Waals surface area contributed by atoms with Crippen LogP contribution in [-0.4, -0.2) is 44.9 Å². The minimum Gasteiger partial charge on any atom is -0.383 e. The van der Waals surface area contributed by atoms with Gasteiger partial charge in [0.1, 0.15) is 4.21 Å². The zero-order chi connectivity index (χ0) is 15.5. The number of hydrogen-bond donors (Lipinski definition) is 0. The first kappa shape index (κ1) is 17.2. The van der Waals surface area contributed by atoms with Crippen molar-refractivity contribution in [2.45, 2.75) is 36.4 Å². The summed E-state index contributed by atoms with van der Waals surface area (Å²) in [6.07, 6.45) is 2.93. The Bertz CT molecular complexity index is 554. The van der Waals surface area contributed by atoms with E-state index in [2.05, 4.69) is 0 Å². The van der Waals surface area contributed by atoms with Crippen LogP contribution in [0.25, 0.3) is 0 Å². The number of thiophene rings is 1. The summed E-state index contributed by atoms with van der Waals surface area (Å²) in [7, 11) is -1.85. The van der Waals surface area contributed by atoms with Crippen LogP contribution in [-0.2, 0) is 21.2 Å². The van der Waals surface area contributed by atoms with Gasteiger partial charge in [-0.2, -0.15) is 4.31 Å². The minimum absolute atomic E-state index is 0.0312. The van der Waals surface area contributed by atoms with Crippen LogP contribution in [0.15, 0.2) is 16.3 Å². The van der Waals surface area contributed by atoms with Crippen LogP contribution < -0.4 is 0 Å². The Labute approximate surface area is 136 Å². The number of alkyl halides is 1. The van der Waals surface area contributed by atoms with E-state index in [-0.39, 0.29) is 6.04 Å². The molecule has 1 aliphatic carbocycles. The van der Waals surface area contributed by atoms with E-state index in [1.165, 1.54) is 11.3 Å². The minimum atomic E-state index is -3.45. The van der Waals surface area contributed by atoms with Crippen molar-refractivity contribution in [1.82, 2.24) is 4.31 Å². The van der Waals surface area contributed by atoms with Crippen molar-refractivity contribution < 1.29 is 13.2 Å². The molecule has 120 valence electrons. The van der Waals surface area contributed by atoms with Gasteiger partial charge in [0.2, 0.25) is 0 Å². The van der Waals surface area contributed by atoms with E-state index < -0.39 is 10.0 Å². The number of sulfonamides is 1. The normalized spacial score (nSPS) is 17.3. The van der Waals surface area contributed by atoms with Crippen molar-refractivity contribution in [3.63, 3.8) is 0 Å². The standard InChI is InChI=1S/C14H22ClNO3S2/c1-11(12-3-4-12)16(9-10-19-2)21(17,18)14-6-5-13(20-14)7-8-15/h5-6,11-12H,3-4,7-10H2,1-2H3. The van der Waals surface area contributed by atoms with Crippen molar-refractivity contribution in [3.8, 4) is 0 Å². The van der Waals surface area contributed by atoms with Crippen molar-refractivity contribution >= 4 is 33.0 Å². The average molecular weight is 352 g/mol. The lowest BCUT2D eigenvalue weighted by atomic mass is 10.2. The molecule has 7 heteroatoms. The third-order valence-corrected chi connectivity index (χ3v) is 7.60. The number of halogens is 1. The molecule has 0 N–H and O–H groups in total. The molecule has 1 unspecified atom stereocenters. The molecule has 1 aromatic rings. The van der Waals surface area contributed by atoms with Gasteiger partial charge in [0, 0.05) is 30.5 Å². The molecule has 0 spiro atoms. The molecule has 0 aromatic carbocycles. The molecular weight excluding hydrogens is 330 g/mol. The Balaban J connectivity index is 2.22. The maximum absolute atomic E-state index is 12.9. The lowest BCUT2D eigenvalue weighted by Gasteiger charge is -2.27. The summed E-state index contributed by atoms with van der Waals surface area (Å²) in [5, 5.41) is 0. The Morgan fingerprint density at radius 3 is 2.76 bits per heavy atom. The van der Waals surface area contributed by atoms with Gasteiger partial charge in [0.25, 0.3) is 10.0 Å². The van der Waals surface area contributed by atoms with Gasteiger partial charge < -0.3 is 4.74 Å². The molecule has 1 heterocycles. The van der Waals surface area contributed by atoms with Crippen molar-refractivity contribution in [1.29, 1.82) is 0 Å². The van der Waals surface area contributed by atoms with Gasteiger partial charge in [-0.05, 0) is 44.2 Å². The molecule has 4 nitrogen and oxygen atoms in total. The summed E-state index contributed by atoms with van der Waals surface area (Å²) in [5.41, 5.74) is 0. The van der Waals surface area contributed by atoms with Gasteiger partial charge in [0.15, 0.2) is 0 Å². The van der Waals surface area contributed by atoms with Crippen LogP contribution >= 0.6 is 22.9 Å². The molecule has 2 rings (SSSR count).